The molecule has 1 N–H and O–H groups in total. The van der Waals surface area contributed by atoms with Gasteiger partial charge in [0.15, 0.2) is 0 Å². The molecule has 1 aliphatic rings. The van der Waals surface area contributed by atoms with Crippen molar-refractivity contribution in [1.29, 1.82) is 0 Å². The van der Waals surface area contributed by atoms with Crippen molar-refractivity contribution in [3.63, 3.8) is 0 Å². The predicted molar refractivity (Wildman–Crippen MR) is 80.6 cm³/mol. The molecule has 2 atom stereocenters. The molecule has 0 bridgehead atoms. The maximum Gasteiger partial charge on any atom is 0.0896 e. The molecule has 0 radical (unpaired) electrons. The summed E-state index contributed by atoms with van der Waals surface area (Å²) in [6.07, 6.45) is 7.13. The number of aryl methyl sites for hydroxylation is 1. The van der Waals surface area contributed by atoms with Crippen LogP contribution >= 0.6 is 0 Å². The van der Waals surface area contributed by atoms with Gasteiger partial charge in [-0.15, -0.1) is 0 Å². The maximum atomic E-state index is 5.90. The minimum Gasteiger partial charge on any atom is -0.373 e. The van der Waals surface area contributed by atoms with Gasteiger partial charge >= 0.3 is 0 Å². The Morgan fingerprint density at radius 3 is 3.14 bits per heavy atom. The van der Waals surface area contributed by atoms with Crippen molar-refractivity contribution in [3.8, 4) is 0 Å². The molecule has 3 heterocycles. The second-order valence-electron chi connectivity index (χ2n) is 5.42. The van der Waals surface area contributed by atoms with Crippen LogP contribution in [0, 0.1) is 5.92 Å². The van der Waals surface area contributed by atoms with Gasteiger partial charge in [-0.25, -0.2) is 0 Å². The molecular formula is C16H22N4O. The van der Waals surface area contributed by atoms with E-state index >= 15 is 0 Å². The Kier molecular flexibility index (Phi) is 4.62. The zero-order chi connectivity index (χ0) is 14.5. The number of rotatable bonds is 6. The summed E-state index contributed by atoms with van der Waals surface area (Å²) < 4.78 is 7.86. The van der Waals surface area contributed by atoms with Crippen molar-refractivity contribution in [2.45, 2.75) is 32.5 Å². The second-order valence-corrected chi connectivity index (χ2v) is 5.42. The van der Waals surface area contributed by atoms with Crippen LogP contribution in [0.4, 0.5) is 0 Å². The van der Waals surface area contributed by atoms with Crippen LogP contribution in [0.5, 0.6) is 0 Å². The third-order valence-electron chi connectivity index (χ3n) is 3.96. The smallest absolute Gasteiger partial charge is 0.0896 e. The van der Waals surface area contributed by atoms with Crippen LogP contribution in [0.15, 0.2) is 36.8 Å². The van der Waals surface area contributed by atoms with Crippen LogP contribution in [0.25, 0.3) is 0 Å². The van der Waals surface area contributed by atoms with Gasteiger partial charge in [0.2, 0.25) is 0 Å². The van der Waals surface area contributed by atoms with Crippen molar-refractivity contribution >= 4 is 0 Å². The number of aromatic nitrogens is 3. The van der Waals surface area contributed by atoms with Crippen molar-refractivity contribution in [2.75, 3.05) is 13.2 Å². The van der Waals surface area contributed by atoms with E-state index in [1.165, 1.54) is 5.56 Å². The fourth-order valence-electron chi connectivity index (χ4n) is 2.80. The van der Waals surface area contributed by atoms with Gasteiger partial charge in [0.25, 0.3) is 0 Å². The summed E-state index contributed by atoms with van der Waals surface area (Å²) in [5.41, 5.74) is 2.27. The van der Waals surface area contributed by atoms with Crippen molar-refractivity contribution in [2.24, 2.45) is 5.92 Å². The third-order valence-corrected chi connectivity index (χ3v) is 3.96. The first kappa shape index (κ1) is 14.2. The van der Waals surface area contributed by atoms with Crippen LogP contribution in [0.3, 0.4) is 0 Å². The molecule has 1 aliphatic heterocycles. The van der Waals surface area contributed by atoms with Gasteiger partial charge in [-0.1, -0.05) is 6.07 Å². The van der Waals surface area contributed by atoms with Gasteiger partial charge in [0.05, 0.1) is 18.0 Å². The first-order chi connectivity index (χ1) is 10.4. The summed E-state index contributed by atoms with van der Waals surface area (Å²) in [5.74, 6) is 0.503. The molecule has 21 heavy (non-hydrogen) atoms. The molecule has 1 fully saturated rings. The van der Waals surface area contributed by atoms with Gasteiger partial charge in [-0.05, 0) is 25.5 Å². The first-order valence-electron chi connectivity index (χ1n) is 7.61. The monoisotopic (exact) mass is 286 g/mol. The SMILES string of the molecule is CCn1cc([C@H]2OCC[C@H]2CNCc2ccccn2)cn1. The van der Waals surface area contributed by atoms with E-state index in [0.29, 0.717) is 5.92 Å². The highest BCUT2D eigenvalue weighted by Crippen LogP contribution is 2.33. The van der Waals surface area contributed by atoms with Crippen molar-refractivity contribution < 1.29 is 4.74 Å². The highest BCUT2D eigenvalue weighted by molar-refractivity contribution is 5.11. The number of nitrogens with one attached hydrogen (secondary N) is 1. The molecule has 0 unspecified atom stereocenters. The van der Waals surface area contributed by atoms with E-state index in [1.54, 1.807) is 0 Å². The Morgan fingerprint density at radius 2 is 2.38 bits per heavy atom. The van der Waals surface area contributed by atoms with E-state index in [-0.39, 0.29) is 6.10 Å². The van der Waals surface area contributed by atoms with E-state index < -0.39 is 0 Å². The second kappa shape index (κ2) is 6.83. The molecule has 5 heteroatoms. The summed E-state index contributed by atoms with van der Waals surface area (Å²) in [6, 6.07) is 6.00. The molecule has 0 saturated carbocycles. The van der Waals surface area contributed by atoms with Gasteiger partial charge in [-0.2, -0.15) is 5.10 Å². The highest BCUT2D eigenvalue weighted by atomic mass is 16.5. The van der Waals surface area contributed by atoms with Gasteiger partial charge in [0, 0.05) is 50.1 Å². The van der Waals surface area contributed by atoms with Gasteiger partial charge < -0.3 is 10.1 Å². The van der Waals surface area contributed by atoms with Crippen LogP contribution in [-0.2, 0) is 17.8 Å². The summed E-state index contributed by atoms with van der Waals surface area (Å²) in [5, 5.41) is 7.84. The fraction of sp³-hybridized carbons (Fsp3) is 0.500. The largest absolute Gasteiger partial charge is 0.373 e. The Labute approximate surface area is 125 Å². The maximum absolute atomic E-state index is 5.90. The quantitative estimate of drug-likeness (QED) is 0.884. The average Bonchev–Trinajstić information content (AvgIpc) is 3.16. The number of ether oxygens (including phenoxy) is 1. The lowest BCUT2D eigenvalue weighted by Gasteiger charge is -2.17. The predicted octanol–water partition coefficient (Wildman–Crippen LogP) is 2.17. The molecular weight excluding hydrogens is 264 g/mol. The molecule has 2 aromatic heterocycles. The Bertz CT molecular complexity index is 554. The summed E-state index contributed by atoms with van der Waals surface area (Å²) in [4.78, 5) is 4.33. The lowest BCUT2D eigenvalue weighted by atomic mass is 9.97. The van der Waals surface area contributed by atoms with Crippen LogP contribution < -0.4 is 5.32 Å². The number of hydrogen-bond donors (Lipinski definition) is 1. The van der Waals surface area contributed by atoms with Gasteiger partial charge in [-0.3, -0.25) is 9.67 Å². The van der Waals surface area contributed by atoms with Crippen LogP contribution in [0.1, 0.15) is 30.7 Å². The average molecular weight is 286 g/mol. The van der Waals surface area contributed by atoms with Crippen LogP contribution in [0.2, 0.25) is 0 Å². The first-order valence-corrected chi connectivity index (χ1v) is 7.61. The van der Waals surface area contributed by atoms with E-state index in [1.807, 2.05) is 35.3 Å². The summed E-state index contributed by atoms with van der Waals surface area (Å²) >= 11 is 0. The van der Waals surface area contributed by atoms with E-state index in [2.05, 4.69) is 28.5 Å². The molecule has 3 rings (SSSR count). The van der Waals surface area contributed by atoms with Crippen molar-refractivity contribution in [3.05, 3.63) is 48.0 Å². The zero-order valence-corrected chi connectivity index (χ0v) is 12.4. The van der Waals surface area contributed by atoms with E-state index in [9.17, 15) is 0 Å². The fourth-order valence-corrected chi connectivity index (χ4v) is 2.80. The number of nitrogens with zero attached hydrogens (tertiary/aromatic N) is 3. The zero-order valence-electron chi connectivity index (χ0n) is 12.4. The summed E-state index contributed by atoms with van der Waals surface area (Å²) in [7, 11) is 0. The molecule has 0 spiro atoms. The highest BCUT2D eigenvalue weighted by Gasteiger charge is 2.30. The van der Waals surface area contributed by atoms with E-state index in [4.69, 9.17) is 4.74 Å². The van der Waals surface area contributed by atoms with Crippen molar-refractivity contribution in [1.82, 2.24) is 20.1 Å². The Balaban J connectivity index is 1.54. The molecule has 112 valence electrons. The third kappa shape index (κ3) is 3.49. The van der Waals surface area contributed by atoms with Crippen LogP contribution in [-0.4, -0.2) is 27.9 Å². The molecule has 2 aromatic rings. The molecule has 0 aromatic carbocycles. The van der Waals surface area contributed by atoms with Gasteiger partial charge in [0.1, 0.15) is 0 Å². The summed E-state index contributed by atoms with van der Waals surface area (Å²) in [6.45, 7) is 5.57. The molecule has 5 nitrogen and oxygen atoms in total. The lowest BCUT2D eigenvalue weighted by Crippen LogP contribution is -2.24. The molecule has 1 saturated heterocycles. The Morgan fingerprint density at radius 1 is 1.43 bits per heavy atom. The lowest BCUT2D eigenvalue weighted by molar-refractivity contribution is 0.0903. The van der Waals surface area contributed by atoms with E-state index in [0.717, 1.165) is 38.4 Å². The standard InChI is InChI=1S/C16H22N4O/c1-2-20-12-14(10-19-20)16-13(6-8-21-16)9-17-11-15-5-3-4-7-18-15/h3-5,7,10,12-13,16-17H,2,6,8-9,11H2,1H3/t13-,16-/m0/s1. The Hall–Kier alpha value is -1.72. The minimum absolute atomic E-state index is 0.168. The molecule has 0 amide bonds. The minimum atomic E-state index is 0.168. The topological polar surface area (TPSA) is 52.0 Å². The number of pyridine rings is 1. The normalized spacial score (nSPS) is 21.8. The molecule has 0 aliphatic carbocycles. The number of hydrogen-bond acceptors (Lipinski definition) is 4.